The van der Waals surface area contributed by atoms with Crippen LogP contribution in [0.15, 0.2) is 54.9 Å². The number of aromatic amines is 1. The lowest BCUT2D eigenvalue weighted by Gasteiger charge is -2.13. The van der Waals surface area contributed by atoms with E-state index in [0.29, 0.717) is 12.0 Å². The molecule has 0 saturated heterocycles. The highest BCUT2D eigenvalue weighted by Crippen LogP contribution is 2.18. The molecule has 3 aromatic rings. The summed E-state index contributed by atoms with van der Waals surface area (Å²) in [7, 11) is 0. The minimum atomic E-state index is -0.0731. The van der Waals surface area contributed by atoms with E-state index in [2.05, 4.69) is 20.5 Å². The summed E-state index contributed by atoms with van der Waals surface area (Å²) in [6.45, 7) is 3.94. The van der Waals surface area contributed by atoms with E-state index in [4.69, 9.17) is 0 Å². The van der Waals surface area contributed by atoms with Gasteiger partial charge >= 0.3 is 0 Å². The van der Waals surface area contributed by atoms with Gasteiger partial charge in [0, 0.05) is 36.1 Å². The van der Waals surface area contributed by atoms with Gasteiger partial charge in [-0.05, 0) is 55.3 Å². The number of H-pyrrole nitrogens is 1. The van der Waals surface area contributed by atoms with Crippen LogP contribution in [-0.4, -0.2) is 27.1 Å². The van der Waals surface area contributed by atoms with Crippen LogP contribution >= 0.6 is 0 Å². The molecule has 2 aromatic heterocycles. The molecule has 0 fully saturated rings. The topological polar surface area (TPSA) is 70.7 Å². The Morgan fingerprint density at radius 1 is 1.12 bits per heavy atom. The van der Waals surface area contributed by atoms with Crippen molar-refractivity contribution >= 4 is 5.91 Å². The predicted molar refractivity (Wildman–Crippen MR) is 93.6 cm³/mol. The van der Waals surface area contributed by atoms with Crippen molar-refractivity contribution in [2.24, 2.45) is 0 Å². The summed E-state index contributed by atoms with van der Waals surface area (Å²) in [6, 6.07) is 13.5. The van der Waals surface area contributed by atoms with E-state index in [1.165, 1.54) is 0 Å². The zero-order valence-electron chi connectivity index (χ0n) is 13.8. The van der Waals surface area contributed by atoms with Gasteiger partial charge in [0.05, 0.1) is 5.69 Å². The van der Waals surface area contributed by atoms with Crippen LogP contribution in [0, 0.1) is 6.92 Å². The highest BCUT2D eigenvalue weighted by molar-refractivity contribution is 5.94. The second-order valence-corrected chi connectivity index (χ2v) is 5.93. The quantitative estimate of drug-likeness (QED) is 0.758. The van der Waals surface area contributed by atoms with E-state index < -0.39 is 0 Å². The van der Waals surface area contributed by atoms with Gasteiger partial charge in [-0.3, -0.25) is 14.9 Å². The lowest BCUT2D eigenvalue weighted by Crippen LogP contribution is -2.34. The molecule has 0 bridgehead atoms. The fourth-order valence-corrected chi connectivity index (χ4v) is 2.61. The standard InChI is InChI=1S/C19H20N4O/c1-13(11-18-12-14(2)22-23-18)21-19(24)17-5-3-15(4-6-17)16-7-9-20-10-8-16/h3-10,12-13H,11H2,1-2H3,(H,21,24)(H,22,23). The second-order valence-electron chi connectivity index (χ2n) is 5.93. The number of hydrogen-bond acceptors (Lipinski definition) is 3. The van der Waals surface area contributed by atoms with Crippen LogP contribution in [-0.2, 0) is 6.42 Å². The van der Waals surface area contributed by atoms with Crippen molar-refractivity contribution in [3.63, 3.8) is 0 Å². The van der Waals surface area contributed by atoms with Gasteiger partial charge in [0.2, 0.25) is 0 Å². The fraction of sp³-hybridized carbons (Fsp3) is 0.211. The number of aromatic nitrogens is 3. The third kappa shape index (κ3) is 3.87. The van der Waals surface area contributed by atoms with Crippen LogP contribution in [0.2, 0.25) is 0 Å². The zero-order valence-corrected chi connectivity index (χ0v) is 13.8. The third-order valence-corrected chi connectivity index (χ3v) is 3.81. The van der Waals surface area contributed by atoms with Gasteiger partial charge in [-0.25, -0.2) is 0 Å². The average molecular weight is 320 g/mol. The largest absolute Gasteiger partial charge is 0.349 e. The predicted octanol–water partition coefficient (Wildman–Crippen LogP) is 3.14. The van der Waals surface area contributed by atoms with E-state index in [9.17, 15) is 4.79 Å². The Bertz CT molecular complexity index is 809. The smallest absolute Gasteiger partial charge is 0.251 e. The first-order valence-corrected chi connectivity index (χ1v) is 7.94. The first kappa shape index (κ1) is 15.9. The summed E-state index contributed by atoms with van der Waals surface area (Å²) in [5.41, 5.74) is 4.77. The van der Waals surface area contributed by atoms with Crippen LogP contribution in [0.25, 0.3) is 11.1 Å². The first-order chi connectivity index (χ1) is 11.6. The Hall–Kier alpha value is -2.95. The molecule has 2 heterocycles. The summed E-state index contributed by atoms with van der Waals surface area (Å²) < 4.78 is 0. The Morgan fingerprint density at radius 3 is 2.42 bits per heavy atom. The molecule has 5 nitrogen and oxygen atoms in total. The molecule has 0 spiro atoms. The van der Waals surface area contributed by atoms with Gasteiger partial charge < -0.3 is 5.32 Å². The second kappa shape index (κ2) is 7.08. The lowest BCUT2D eigenvalue weighted by molar-refractivity contribution is 0.0940. The molecule has 24 heavy (non-hydrogen) atoms. The molecule has 1 aromatic carbocycles. The molecule has 1 atom stereocenters. The molecule has 3 rings (SSSR count). The van der Waals surface area contributed by atoms with E-state index >= 15 is 0 Å². The highest BCUT2D eigenvalue weighted by Gasteiger charge is 2.12. The lowest BCUT2D eigenvalue weighted by atomic mass is 10.0. The Morgan fingerprint density at radius 2 is 1.79 bits per heavy atom. The summed E-state index contributed by atoms with van der Waals surface area (Å²) in [5, 5.41) is 10.1. The normalized spacial score (nSPS) is 11.9. The number of aryl methyl sites for hydroxylation is 1. The Labute approximate surface area is 141 Å². The monoisotopic (exact) mass is 320 g/mol. The van der Waals surface area contributed by atoms with Gasteiger partial charge in [0.15, 0.2) is 0 Å². The van der Waals surface area contributed by atoms with Crippen molar-refractivity contribution in [1.82, 2.24) is 20.5 Å². The SMILES string of the molecule is Cc1cc(CC(C)NC(=O)c2ccc(-c3ccncc3)cc2)n[nH]1. The first-order valence-electron chi connectivity index (χ1n) is 7.94. The van der Waals surface area contributed by atoms with E-state index in [0.717, 1.165) is 22.5 Å². The van der Waals surface area contributed by atoms with Crippen LogP contribution in [0.4, 0.5) is 0 Å². The number of amides is 1. The molecule has 0 aliphatic heterocycles. The maximum atomic E-state index is 12.3. The number of carbonyl (C=O) groups is 1. The summed E-state index contributed by atoms with van der Waals surface area (Å²) in [5.74, 6) is -0.0731. The summed E-state index contributed by atoms with van der Waals surface area (Å²) in [6.07, 6.45) is 4.22. The van der Waals surface area contributed by atoms with Crippen molar-refractivity contribution in [2.45, 2.75) is 26.3 Å². The molecule has 0 aliphatic rings. The molecule has 1 unspecified atom stereocenters. The van der Waals surface area contributed by atoms with Crippen molar-refractivity contribution in [3.8, 4) is 11.1 Å². The molecule has 5 heteroatoms. The summed E-state index contributed by atoms with van der Waals surface area (Å²) >= 11 is 0. The van der Waals surface area contributed by atoms with E-state index in [1.807, 2.05) is 56.3 Å². The molecule has 0 aliphatic carbocycles. The maximum Gasteiger partial charge on any atom is 0.251 e. The highest BCUT2D eigenvalue weighted by atomic mass is 16.1. The minimum Gasteiger partial charge on any atom is -0.349 e. The fourth-order valence-electron chi connectivity index (χ4n) is 2.61. The number of benzene rings is 1. The van der Waals surface area contributed by atoms with Gasteiger partial charge in [0.1, 0.15) is 0 Å². The summed E-state index contributed by atoms with van der Waals surface area (Å²) in [4.78, 5) is 16.4. The average Bonchev–Trinajstić information content (AvgIpc) is 3.00. The third-order valence-electron chi connectivity index (χ3n) is 3.81. The van der Waals surface area contributed by atoms with Crippen LogP contribution in [0.1, 0.15) is 28.7 Å². The Balaban J connectivity index is 1.62. The molecule has 122 valence electrons. The molecular formula is C19H20N4O. The van der Waals surface area contributed by atoms with Crippen molar-refractivity contribution in [3.05, 3.63) is 71.8 Å². The minimum absolute atomic E-state index is 0.0140. The van der Waals surface area contributed by atoms with Crippen LogP contribution in [0.3, 0.4) is 0 Å². The van der Waals surface area contributed by atoms with Crippen molar-refractivity contribution in [2.75, 3.05) is 0 Å². The van der Waals surface area contributed by atoms with Gasteiger partial charge in [0.25, 0.3) is 5.91 Å². The number of hydrogen-bond donors (Lipinski definition) is 2. The molecule has 0 saturated carbocycles. The van der Waals surface area contributed by atoms with Crippen LogP contribution in [0.5, 0.6) is 0 Å². The number of carbonyl (C=O) groups excluding carboxylic acids is 1. The van der Waals surface area contributed by atoms with Gasteiger partial charge in [-0.1, -0.05) is 12.1 Å². The number of pyridine rings is 1. The number of rotatable bonds is 5. The maximum absolute atomic E-state index is 12.3. The zero-order chi connectivity index (χ0) is 16.9. The van der Waals surface area contributed by atoms with Gasteiger partial charge in [-0.2, -0.15) is 5.10 Å². The van der Waals surface area contributed by atoms with Crippen molar-refractivity contribution < 1.29 is 4.79 Å². The van der Waals surface area contributed by atoms with Crippen LogP contribution < -0.4 is 5.32 Å². The molecule has 0 radical (unpaired) electrons. The number of nitrogens with zero attached hydrogens (tertiary/aromatic N) is 2. The Kier molecular flexibility index (Phi) is 4.70. The number of nitrogens with one attached hydrogen (secondary N) is 2. The van der Waals surface area contributed by atoms with E-state index in [1.54, 1.807) is 12.4 Å². The molecular weight excluding hydrogens is 300 g/mol. The van der Waals surface area contributed by atoms with E-state index in [-0.39, 0.29) is 11.9 Å². The van der Waals surface area contributed by atoms with Gasteiger partial charge in [-0.15, -0.1) is 0 Å². The van der Waals surface area contributed by atoms with Crippen molar-refractivity contribution in [1.29, 1.82) is 0 Å². The molecule has 2 N–H and O–H groups in total. The molecule has 1 amide bonds.